The number of sulfonamides is 1. The van der Waals surface area contributed by atoms with Crippen LogP contribution < -0.4 is 0 Å². The zero-order valence-corrected chi connectivity index (χ0v) is 13.1. The molecule has 0 spiro atoms. The third kappa shape index (κ3) is 3.19. The third-order valence-corrected chi connectivity index (χ3v) is 5.65. The van der Waals surface area contributed by atoms with Crippen LogP contribution in [0.4, 0.5) is 0 Å². The second-order valence-electron chi connectivity index (χ2n) is 4.75. The molecule has 1 atom stereocenters. The summed E-state index contributed by atoms with van der Waals surface area (Å²) in [6, 6.07) is 4.05. The Kier molecular flexibility index (Phi) is 5.30. The normalized spacial score (nSPS) is 13.4. The number of aryl methyl sites for hydroxylation is 1. The molecule has 0 aliphatic heterocycles. The largest absolute Gasteiger partial charge is 0.478 e. The molecule has 6 heteroatoms. The van der Waals surface area contributed by atoms with E-state index in [1.807, 2.05) is 13.8 Å². The van der Waals surface area contributed by atoms with Crippen molar-refractivity contribution in [2.24, 2.45) is 0 Å². The van der Waals surface area contributed by atoms with Crippen LogP contribution in [0.3, 0.4) is 0 Å². The molecule has 1 aromatic carbocycles. The SMILES string of the molecule is CCC(C)N(CC)S(=O)(=O)c1cc(C(=O)O)ccc1C. The average Bonchev–Trinajstić information content (AvgIpc) is 2.38. The van der Waals surface area contributed by atoms with Crippen LogP contribution in [0.2, 0.25) is 0 Å². The van der Waals surface area contributed by atoms with Gasteiger partial charge in [-0.15, -0.1) is 0 Å². The summed E-state index contributed by atoms with van der Waals surface area (Å²) < 4.78 is 26.8. The van der Waals surface area contributed by atoms with Crippen LogP contribution in [0.1, 0.15) is 43.1 Å². The third-order valence-electron chi connectivity index (χ3n) is 3.42. The molecule has 0 heterocycles. The Morgan fingerprint density at radius 1 is 1.35 bits per heavy atom. The highest BCUT2D eigenvalue weighted by Gasteiger charge is 2.28. The van der Waals surface area contributed by atoms with E-state index in [1.54, 1.807) is 13.8 Å². The van der Waals surface area contributed by atoms with E-state index in [-0.39, 0.29) is 16.5 Å². The second-order valence-corrected chi connectivity index (χ2v) is 6.61. The predicted molar refractivity (Wildman–Crippen MR) is 77.5 cm³/mol. The summed E-state index contributed by atoms with van der Waals surface area (Å²) in [6.07, 6.45) is 0.699. The lowest BCUT2D eigenvalue weighted by Crippen LogP contribution is -2.38. The first-order chi connectivity index (χ1) is 9.25. The van der Waals surface area contributed by atoms with Crippen LogP contribution in [0.15, 0.2) is 23.1 Å². The fourth-order valence-electron chi connectivity index (χ4n) is 2.06. The molecule has 0 saturated carbocycles. The van der Waals surface area contributed by atoms with Crippen molar-refractivity contribution in [1.29, 1.82) is 0 Å². The first kappa shape index (κ1) is 16.7. The lowest BCUT2D eigenvalue weighted by Gasteiger charge is -2.27. The highest BCUT2D eigenvalue weighted by molar-refractivity contribution is 7.89. The Bertz CT molecular complexity index is 595. The maximum absolute atomic E-state index is 12.7. The van der Waals surface area contributed by atoms with Crippen molar-refractivity contribution in [3.8, 4) is 0 Å². The summed E-state index contributed by atoms with van der Waals surface area (Å²) in [6.45, 7) is 7.57. The maximum Gasteiger partial charge on any atom is 0.335 e. The van der Waals surface area contributed by atoms with E-state index in [2.05, 4.69) is 0 Å². The molecule has 0 fully saturated rings. The molecule has 0 amide bonds. The van der Waals surface area contributed by atoms with Crippen molar-refractivity contribution < 1.29 is 18.3 Å². The van der Waals surface area contributed by atoms with Gasteiger partial charge in [0.25, 0.3) is 0 Å². The Labute approximate surface area is 120 Å². The van der Waals surface area contributed by atoms with E-state index in [9.17, 15) is 13.2 Å². The minimum Gasteiger partial charge on any atom is -0.478 e. The number of carboxylic acid groups (broad SMARTS) is 1. The van der Waals surface area contributed by atoms with Gasteiger partial charge in [0.2, 0.25) is 10.0 Å². The van der Waals surface area contributed by atoms with Crippen molar-refractivity contribution in [2.75, 3.05) is 6.54 Å². The molecule has 0 aliphatic rings. The summed E-state index contributed by atoms with van der Waals surface area (Å²) in [5, 5.41) is 9.01. The molecule has 1 unspecified atom stereocenters. The van der Waals surface area contributed by atoms with Gasteiger partial charge in [-0.3, -0.25) is 0 Å². The number of hydrogen-bond donors (Lipinski definition) is 1. The molecular weight excluding hydrogens is 278 g/mol. The van der Waals surface area contributed by atoms with Gasteiger partial charge < -0.3 is 5.11 Å². The Morgan fingerprint density at radius 3 is 2.40 bits per heavy atom. The smallest absolute Gasteiger partial charge is 0.335 e. The molecule has 1 N–H and O–H groups in total. The highest BCUT2D eigenvalue weighted by atomic mass is 32.2. The van der Waals surface area contributed by atoms with Gasteiger partial charge in [0.15, 0.2) is 0 Å². The van der Waals surface area contributed by atoms with Crippen LogP contribution in [0.25, 0.3) is 0 Å². The number of benzene rings is 1. The molecule has 0 aliphatic carbocycles. The molecular formula is C14H21NO4S. The van der Waals surface area contributed by atoms with Crippen LogP contribution in [-0.2, 0) is 10.0 Å². The van der Waals surface area contributed by atoms with Gasteiger partial charge in [-0.1, -0.05) is 19.9 Å². The fourth-order valence-corrected chi connectivity index (χ4v) is 4.03. The van der Waals surface area contributed by atoms with Crippen molar-refractivity contribution >= 4 is 16.0 Å². The first-order valence-corrected chi connectivity index (χ1v) is 8.05. The number of aromatic carboxylic acids is 1. The second kappa shape index (κ2) is 6.37. The highest BCUT2D eigenvalue weighted by Crippen LogP contribution is 2.23. The summed E-state index contributed by atoms with van der Waals surface area (Å²) >= 11 is 0. The summed E-state index contributed by atoms with van der Waals surface area (Å²) in [4.78, 5) is 11.1. The van der Waals surface area contributed by atoms with Gasteiger partial charge in [0.05, 0.1) is 10.5 Å². The van der Waals surface area contributed by atoms with E-state index < -0.39 is 16.0 Å². The minimum absolute atomic E-state index is 0.0191. The van der Waals surface area contributed by atoms with Crippen molar-refractivity contribution in [1.82, 2.24) is 4.31 Å². The maximum atomic E-state index is 12.7. The zero-order valence-electron chi connectivity index (χ0n) is 12.3. The van der Waals surface area contributed by atoms with Gasteiger partial charge >= 0.3 is 5.97 Å². The Hall–Kier alpha value is -1.40. The average molecular weight is 299 g/mol. The van der Waals surface area contributed by atoms with Crippen molar-refractivity contribution in [3.63, 3.8) is 0 Å². The summed E-state index contributed by atoms with van der Waals surface area (Å²) in [7, 11) is -3.68. The fraction of sp³-hybridized carbons (Fsp3) is 0.500. The van der Waals surface area contributed by atoms with Crippen LogP contribution in [0, 0.1) is 6.92 Å². The topological polar surface area (TPSA) is 74.7 Å². The zero-order chi connectivity index (χ0) is 15.5. The van der Waals surface area contributed by atoms with E-state index in [0.717, 1.165) is 0 Å². The number of carboxylic acids is 1. The first-order valence-electron chi connectivity index (χ1n) is 6.61. The van der Waals surface area contributed by atoms with Crippen LogP contribution >= 0.6 is 0 Å². The van der Waals surface area contributed by atoms with E-state index in [4.69, 9.17) is 5.11 Å². The number of carbonyl (C=O) groups is 1. The van der Waals surface area contributed by atoms with Crippen LogP contribution in [-0.4, -0.2) is 36.4 Å². The monoisotopic (exact) mass is 299 g/mol. The predicted octanol–water partition coefficient (Wildman–Crippen LogP) is 2.50. The molecule has 20 heavy (non-hydrogen) atoms. The number of rotatable bonds is 6. The number of hydrogen-bond acceptors (Lipinski definition) is 3. The quantitative estimate of drug-likeness (QED) is 0.875. The molecule has 0 saturated heterocycles. The van der Waals surface area contributed by atoms with Gasteiger partial charge in [0.1, 0.15) is 0 Å². The molecule has 5 nitrogen and oxygen atoms in total. The molecule has 0 radical (unpaired) electrons. The molecule has 1 aromatic rings. The Balaban J connectivity index is 3.40. The molecule has 112 valence electrons. The molecule has 1 rings (SSSR count). The van der Waals surface area contributed by atoms with E-state index in [0.29, 0.717) is 18.5 Å². The summed E-state index contributed by atoms with van der Waals surface area (Å²) in [5.41, 5.74) is 0.533. The molecule has 0 aromatic heterocycles. The van der Waals surface area contributed by atoms with Gasteiger partial charge in [-0.25, -0.2) is 13.2 Å². The van der Waals surface area contributed by atoms with E-state index in [1.165, 1.54) is 22.5 Å². The van der Waals surface area contributed by atoms with E-state index >= 15 is 0 Å². The van der Waals surface area contributed by atoms with Gasteiger partial charge in [0, 0.05) is 12.6 Å². The lowest BCUT2D eigenvalue weighted by molar-refractivity contribution is 0.0696. The van der Waals surface area contributed by atoms with Gasteiger partial charge in [-0.05, 0) is 38.0 Å². The van der Waals surface area contributed by atoms with Crippen LogP contribution in [0.5, 0.6) is 0 Å². The van der Waals surface area contributed by atoms with Crippen molar-refractivity contribution in [2.45, 2.75) is 45.1 Å². The lowest BCUT2D eigenvalue weighted by atomic mass is 10.1. The van der Waals surface area contributed by atoms with Gasteiger partial charge in [-0.2, -0.15) is 4.31 Å². The Morgan fingerprint density at radius 2 is 1.95 bits per heavy atom. The minimum atomic E-state index is -3.68. The molecule has 0 bridgehead atoms. The standard InChI is InChI=1S/C14H21NO4S/c1-5-11(4)15(6-2)20(18,19)13-9-12(14(16)17)8-7-10(13)3/h7-9,11H,5-6H2,1-4H3,(H,16,17). The number of nitrogens with zero attached hydrogens (tertiary/aromatic N) is 1. The van der Waals surface area contributed by atoms with Crippen molar-refractivity contribution in [3.05, 3.63) is 29.3 Å². The summed E-state index contributed by atoms with van der Waals surface area (Å²) in [5.74, 6) is -1.13.